The lowest BCUT2D eigenvalue weighted by Gasteiger charge is -2.31. The Morgan fingerprint density at radius 1 is 1.09 bits per heavy atom. The Hall–Kier alpha value is -3.42. The number of piperazine rings is 1. The SMILES string of the molecule is O=C([O-])C(=O)O.O=[N+]([O-])c1ccccc1C[NH+]1CCN(S(=O)(=O)c2ccc(F)cc2)CC1. The Kier molecular flexibility index (Phi) is 8.34. The van der Waals surface area contributed by atoms with Crippen molar-refractivity contribution in [2.24, 2.45) is 0 Å². The second-order valence-corrected chi connectivity index (χ2v) is 8.70. The first-order chi connectivity index (χ1) is 15.0. The van der Waals surface area contributed by atoms with Gasteiger partial charge in [-0.15, -0.1) is 0 Å². The van der Waals surface area contributed by atoms with Gasteiger partial charge in [0.2, 0.25) is 10.0 Å². The van der Waals surface area contributed by atoms with E-state index in [1.807, 2.05) is 0 Å². The van der Waals surface area contributed by atoms with E-state index in [1.165, 1.54) is 22.5 Å². The minimum absolute atomic E-state index is 0.0704. The van der Waals surface area contributed by atoms with E-state index in [9.17, 15) is 22.9 Å². The first kappa shape index (κ1) is 24.8. The molecule has 3 rings (SSSR count). The number of nitrogens with zero attached hydrogens (tertiary/aromatic N) is 2. The van der Waals surface area contributed by atoms with E-state index in [4.69, 9.17) is 19.8 Å². The summed E-state index contributed by atoms with van der Waals surface area (Å²) in [7, 11) is -3.65. The van der Waals surface area contributed by atoms with Crippen LogP contribution in [0.1, 0.15) is 5.56 Å². The number of nitrogens with one attached hydrogen (secondary N) is 1. The van der Waals surface area contributed by atoms with Crippen LogP contribution in [0, 0.1) is 15.9 Å². The van der Waals surface area contributed by atoms with E-state index >= 15 is 0 Å². The smallest absolute Gasteiger partial charge is 0.351 e. The van der Waals surface area contributed by atoms with Crippen molar-refractivity contribution in [3.05, 3.63) is 70.0 Å². The fraction of sp³-hybridized carbons (Fsp3) is 0.263. The molecule has 11 nitrogen and oxygen atoms in total. The standard InChI is InChI=1S/C17H18FN3O4S.C2H2O4/c18-15-5-7-16(8-6-15)26(24,25)20-11-9-19(10-12-20)13-14-3-1-2-4-17(14)21(22)23;3-1(4)2(5)6/h1-8H,9-13H2;(H,3,4)(H,5,6). The zero-order chi connectivity index (χ0) is 23.9. The van der Waals surface area contributed by atoms with Crippen molar-refractivity contribution in [3.8, 4) is 0 Å². The molecule has 172 valence electrons. The molecule has 1 fully saturated rings. The number of benzene rings is 2. The van der Waals surface area contributed by atoms with Gasteiger partial charge in [-0.05, 0) is 30.3 Å². The number of quaternary nitrogens is 1. The number of aliphatic carboxylic acids is 2. The lowest BCUT2D eigenvalue weighted by molar-refractivity contribution is -0.917. The predicted molar refractivity (Wildman–Crippen MR) is 105 cm³/mol. The van der Waals surface area contributed by atoms with Crippen molar-refractivity contribution in [1.29, 1.82) is 0 Å². The van der Waals surface area contributed by atoms with E-state index in [0.717, 1.165) is 17.0 Å². The molecular formula is C19H20FN3O8S. The van der Waals surface area contributed by atoms with Crippen LogP contribution >= 0.6 is 0 Å². The largest absolute Gasteiger partial charge is 0.539 e. The van der Waals surface area contributed by atoms with Crippen LogP contribution < -0.4 is 10.0 Å². The van der Waals surface area contributed by atoms with Crippen molar-refractivity contribution in [1.82, 2.24) is 4.31 Å². The molecule has 1 aliphatic rings. The van der Waals surface area contributed by atoms with Gasteiger partial charge in [-0.1, -0.05) is 12.1 Å². The fourth-order valence-corrected chi connectivity index (χ4v) is 4.52. The van der Waals surface area contributed by atoms with Gasteiger partial charge in [0.25, 0.3) is 5.69 Å². The number of sulfonamides is 1. The molecule has 0 saturated carbocycles. The molecule has 0 atom stereocenters. The van der Waals surface area contributed by atoms with Crippen LogP contribution in [-0.2, 0) is 26.2 Å². The number of nitro groups is 1. The number of hydrogen-bond donors (Lipinski definition) is 2. The Morgan fingerprint density at radius 2 is 1.62 bits per heavy atom. The Labute approximate surface area is 182 Å². The summed E-state index contributed by atoms with van der Waals surface area (Å²) in [4.78, 5) is 29.9. The van der Waals surface area contributed by atoms with Crippen molar-refractivity contribution in [2.75, 3.05) is 26.2 Å². The maximum absolute atomic E-state index is 13.0. The monoisotopic (exact) mass is 469 g/mol. The van der Waals surface area contributed by atoms with Gasteiger partial charge in [0.15, 0.2) is 5.97 Å². The molecule has 0 spiro atoms. The summed E-state index contributed by atoms with van der Waals surface area (Å²) in [6.07, 6.45) is 0. The van der Waals surface area contributed by atoms with Gasteiger partial charge in [-0.25, -0.2) is 17.6 Å². The average Bonchev–Trinajstić information content (AvgIpc) is 2.75. The lowest BCUT2D eigenvalue weighted by atomic mass is 10.1. The summed E-state index contributed by atoms with van der Waals surface area (Å²) in [6, 6.07) is 11.4. The summed E-state index contributed by atoms with van der Waals surface area (Å²) in [5.74, 6) is -4.49. The van der Waals surface area contributed by atoms with Crippen LogP contribution in [0.2, 0.25) is 0 Å². The van der Waals surface area contributed by atoms with Crippen LogP contribution in [-0.4, -0.2) is 60.9 Å². The van der Waals surface area contributed by atoms with Gasteiger partial charge in [0, 0.05) is 6.07 Å². The van der Waals surface area contributed by atoms with Crippen molar-refractivity contribution < 1.29 is 42.4 Å². The van der Waals surface area contributed by atoms with Gasteiger partial charge < -0.3 is 19.9 Å². The molecule has 1 aliphatic heterocycles. The third kappa shape index (κ3) is 6.54. The second-order valence-electron chi connectivity index (χ2n) is 6.76. The van der Waals surface area contributed by atoms with Gasteiger partial charge in [0.05, 0.1) is 41.6 Å². The number of halogens is 1. The zero-order valence-corrected chi connectivity index (χ0v) is 17.5. The molecule has 32 heavy (non-hydrogen) atoms. The van der Waals surface area contributed by atoms with E-state index < -0.39 is 32.7 Å². The normalized spacial score (nSPS) is 14.8. The van der Waals surface area contributed by atoms with Crippen LogP contribution in [0.25, 0.3) is 0 Å². The second kappa shape index (κ2) is 10.7. The summed E-state index contributed by atoms with van der Waals surface area (Å²) < 4.78 is 39.6. The third-order valence-corrected chi connectivity index (χ3v) is 6.60. The van der Waals surface area contributed by atoms with Gasteiger partial charge in [-0.2, -0.15) is 4.31 Å². The van der Waals surface area contributed by atoms with Crippen molar-refractivity contribution in [3.63, 3.8) is 0 Å². The number of carboxylic acid groups (broad SMARTS) is 2. The number of carbonyl (C=O) groups excluding carboxylic acids is 1. The molecule has 1 heterocycles. The molecule has 0 aromatic heterocycles. The number of carbonyl (C=O) groups is 2. The number of nitro benzene ring substituents is 1. The van der Waals surface area contributed by atoms with E-state index in [1.54, 1.807) is 18.2 Å². The van der Waals surface area contributed by atoms with Crippen LogP contribution in [0.4, 0.5) is 10.1 Å². The number of rotatable bonds is 5. The highest BCUT2D eigenvalue weighted by atomic mass is 32.2. The summed E-state index contributed by atoms with van der Waals surface area (Å²) in [5, 5.41) is 27.4. The van der Waals surface area contributed by atoms with Crippen molar-refractivity contribution >= 4 is 27.6 Å². The summed E-state index contributed by atoms with van der Waals surface area (Å²) >= 11 is 0. The molecule has 0 bridgehead atoms. The molecule has 2 aromatic rings. The summed E-state index contributed by atoms with van der Waals surface area (Å²) in [6.45, 7) is 2.20. The average molecular weight is 469 g/mol. The number of carboxylic acids is 2. The van der Waals surface area contributed by atoms with Gasteiger partial charge in [-0.3, -0.25) is 10.1 Å². The Bertz CT molecular complexity index is 1070. The van der Waals surface area contributed by atoms with Crippen LogP contribution in [0.3, 0.4) is 0 Å². The number of hydrogen-bond acceptors (Lipinski definition) is 7. The maximum Gasteiger partial charge on any atom is 0.351 e. The highest BCUT2D eigenvalue weighted by molar-refractivity contribution is 7.89. The minimum Gasteiger partial charge on any atom is -0.539 e. The molecule has 2 aromatic carbocycles. The molecule has 0 radical (unpaired) electrons. The van der Waals surface area contributed by atoms with Crippen molar-refractivity contribution in [2.45, 2.75) is 11.4 Å². The summed E-state index contributed by atoms with van der Waals surface area (Å²) in [5.41, 5.74) is 0.726. The van der Waals surface area contributed by atoms with Crippen LogP contribution in [0.15, 0.2) is 53.4 Å². The zero-order valence-electron chi connectivity index (χ0n) is 16.6. The first-order valence-corrected chi connectivity index (χ1v) is 10.7. The molecule has 0 unspecified atom stereocenters. The molecular weight excluding hydrogens is 449 g/mol. The lowest BCUT2D eigenvalue weighted by Crippen LogP contribution is -3.13. The van der Waals surface area contributed by atoms with E-state index in [0.29, 0.717) is 38.3 Å². The first-order valence-electron chi connectivity index (χ1n) is 9.28. The molecule has 1 saturated heterocycles. The number of para-hydroxylation sites is 1. The Morgan fingerprint density at radius 3 is 2.12 bits per heavy atom. The molecule has 0 aliphatic carbocycles. The highest BCUT2D eigenvalue weighted by Gasteiger charge is 2.31. The quantitative estimate of drug-likeness (QED) is 0.308. The van der Waals surface area contributed by atoms with Gasteiger partial charge >= 0.3 is 5.97 Å². The third-order valence-electron chi connectivity index (χ3n) is 4.68. The predicted octanol–water partition coefficient (Wildman–Crippen LogP) is -1.36. The molecule has 2 N–H and O–H groups in total. The van der Waals surface area contributed by atoms with E-state index in [-0.39, 0.29) is 10.6 Å². The van der Waals surface area contributed by atoms with Gasteiger partial charge in [0.1, 0.15) is 12.4 Å². The minimum atomic E-state index is -3.65. The highest BCUT2D eigenvalue weighted by Crippen LogP contribution is 2.18. The van der Waals surface area contributed by atoms with E-state index in [2.05, 4.69) is 0 Å². The maximum atomic E-state index is 13.0. The molecule has 13 heteroatoms. The fourth-order valence-electron chi connectivity index (χ4n) is 3.08. The topological polar surface area (TPSA) is 162 Å². The molecule has 0 amide bonds. The van der Waals surface area contributed by atoms with Crippen LogP contribution in [0.5, 0.6) is 0 Å². The Balaban J connectivity index is 0.000000534.